The SMILES string of the molecule is CCCN(CCC(=O)O)C1CCN(C(=O)c2ccccc2)CC1. The van der Waals surface area contributed by atoms with Crippen molar-refractivity contribution in [3.8, 4) is 0 Å². The zero-order chi connectivity index (χ0) is 16.7. The first-order valence-corrected chi connectivity index (χ1v) is 8.42. The third-order valence-electron chi connectivity index (χ3n) is 4.41. The Morgan fingerprint density at radius 3 is 2.39 bits per heavy atom. The van der Waals surface area contributed by atoms with Crippen molar-refractivity contribution in [3.05, 3.63) is 35.9 Å². The van der Waals surface area contributed by atoms with Gasteiger partial charge in [-0.1, -0.05) is 25.1 Å². The van der Waals surface area contributed by atoms with Gasteiger partial charge in [0.15, 0.2) is 0 Å². The fraction of sp³-hybridized carbons (Fsp3) is 0.556. The van der Waals surface area contributed by atoms with Crippen molar-refractivity contribution in [3.63, 3.8) is 0 Å². The number of hydrogen-bond donors (Lipinski definition) is 1. The molecule has 1 aromatic rings. The molecule has 1 fully saturated rings. The number of aliphatic carboxylic acids is 1. The molecule has 5 heteroatoms. The fourth-order valence-electron chi connectivity index (χ4n) is 3.20. The maximum Gasteiger partial charge on any atom is 0.304 e. The highest BCUT2D eigenvalue weighted by atomic mass is 16.4. The van der Waals surface area contributed by atoms with Gasteiger partial charge in [0, 0.05) is 31.2 Å². The van der Waals surface area contributed by atoms with Gasteiger partial charge in [-0.25, -0.2) is 0 Å². The van der Waals surface area contributed by atoms with Crippen molar-refractivity contribution in [1.29, 1.82) is 0 Å². The predicted molar refractivity (Wildman–Crippen MR) is 89.5 cm³/mol. The minimum absolute atomic E-state index is 0.0941. The van der Waals surface area contributed by atoms with Crippen molar-refractivity contribution in [2.24, 2.45) is 0 Å². The van der Waals surface area contributed by atoms with Gasteiger partial charge >= 0.3 is 5.97 Å². The van der Waals surface area contributed by atoms with Gasteiger partial charge in [0.2, 0.25) is 0 Å². The lowest BCUT2D eigenvalue weighted by atomic mass is 10.0. The average Bonchev–Trinajstić information content (AvgIpc) is 2.59. The Labute approximate surface area is 137 Å². The van der Waals surface area contributed by atoms with Crippen LogP contribution in [0.5, 0.6) is 0 Å². The quantitative estimate of drug-likeness (QED) is 0.839. The maximum atomic E-state index is 12.5. The number of rotatable bonds is 7. The van der Waals surface area contributed by atoms with Gasteiger partial charge in [-0.05, 0) is 37.9 Å². The molecular weight excluding hydrogens is 292 g/mol. The highest BCUT2D eigenvalue weighted by molar-refractivity contribution is 5.94. The molecule has 0 aliphatic carbocycles. The molecule has 1 saturated heterocycles. The number of benzene rings is 1. The fourth-order valence-corrected chi connectivity index (χ4v) is 3.20. The third kappa shape index (κ3) is 5.06. The van der Waals surface area contributed by atoms with E-state index in [4.69, 9.17) is 5.11 Å². The minimum atomic E-state index is -0.747. The molecule has 0 atom stereocenters. The lowest BCUT2D eigenvalue weighted by Gasteiger charge is -2.38. The number of amides is 1. The molecule has 1 amide bonds. The lowest BCUT2D eigenvalue weighted by Crippen LogP contribution is -2.47. The molecule has 0 radical (unpaired) electrons. The number of likely N-dealkylation sites (tertiary alicyclic amines) is 1. The highest BCUT2D eigenvalue weighted by Gasteiger charge is 2.27. The molecule has 0 bridgehead atoms. The van der Waals surface area contributed by atoms with E-state index in [2.05, 4.69) is 11.8 Å². The Bertz CT molecular complexity index is 510. The average molecular weight is 318 g/mol. The second-order valence-electron chi connectivity index (χ2n) is 6.07. The first-order valence-electron chi connectivity index (χ1n) is 8.42. The molecule has 126 valence electrons. The first kappa shape index (κ1) is 17.5. The van der Waals surface area contributed by atoms with Gasteiger partial charge < -0.3 is 10.0 Å². The standard InChI is InChI=1S/C18H26N2O3/c1-2-11-19(14-10-17(21)22)16-8-12-20(13-9-16)18(23)15-6-4-3-5-7-15/h3-7,16H,2,8-14H2,1H3,(H,21,22). The molecule has 23 heavy (non-hydrogen) atoms. The van der Waals surface area contributed by atoms with Crippen molar-refractivity contribution >= 4 is 11.9 Å². The highest BCUT2D eigenvalue weighted by Crippen LogP contribution is 2.19. The van der Waals surface area contributed by atoms with Crippen LogP contribution in [0.15, 0.2) is 30.3 Å². The van der Waals surface area contributed by atoms with E-state index in [1.165, 1.54) is 0 Å². The molecule has 1 N–H and O–H groups in total. The Balaban J connectivity index is 1.88. The summed E-state index contributed by atoms with van der Waals surface area (Å²) in [6, 6.07) is 9.77. The Kier molecular flexibility index (Phi) is 6.59. The summed E-state index contributed by atoms with van der Waals surface area (Å²) >= 11 is 0. The van der Waals surface area contributed by atoms with Crippen LogP contribution in [0, 0.1) is 0 Å². The van der Waals surface area contributed by atoms with Gasteiger partial charge in [-0.3, -0.25) is 14.5 Å². The van der Waals surface area contributed by atoms with Crippen molar-refractivity contribution in [1.82, 2.24) is 9.80 Å². The number of carboxylic acids is 1. The number of hydrogen-bond acceptors (Lipinski definition) is 3. The summed E-state index contributed by atoms with van der Waals surface area (Å²) in [6.45, 7) is 5.12. The molecule has 1 aliphatic heterocycles. The molecule has 1 heterocycles. The van der Waals surface area contributed by atoms with E-state index < -0.39 is 5.97 Å². The molecule has 0 unspecified atom stereocenters. The summed E-state index contributed by atoms with van der Waals surface area (Å²) in [5.74, 6) is -0.653. The van der Waals surface area contributed by atoms with Crippen LogP contribution >= 0.6 is 0 Å². The van der Waals surface area contributed by atoms with Crippen LogP contribution in [0.2, 0.25) is 0 Å². The maximum absolute atomic E-state index is 12.5. The van der Waals surface area contributed by atoms with Crippen molar-refractivity contribution in [2.75, 3.05) is 26.2 Å². The second-order valence-corrected chi connectivity index (χ2v) is 6.07. The lowest BCUT2D eigenvalue weighted by molar-refractivity contribution is -0.137. The summed E-state index contributed by atoms with van der Waals surface area (Å²) in [7, 11) is 0. The smallest absolute Gasteiger partial charge is 0.304 e. The number of carbonyl (C=O) groups excluding carboxylic acids is 1. The number of nitrogens with zero attached hydrogens (tertiary/aromatic N) is 2. The van der Waals surface area contributed by atoms with Crippen LogP contribution in [0.3, 0.4) is 0 Å². The van der Waals surface area contributed by atoms with Crippen LogP contribution in [0.1, 0.15) is 43.0 Å². The van der Waals surface area contributed by atoms with E-state index in [0.717, 1.165) is 44.5 Å². The van der Waals surface area contributed by atoms with Gasteiger partial charge in [0.25, 0.3) is 5.91 Å². The Hall–Kier alpha value is -1.88. The summed E-state index contributed by atoms with van der Waals surface area (Å²) in [4.78, 5) is 27.4. The van der Waals surface area contributed by atoms with Crippen molar-refractivity contribution < 1.29 is 14.7 Å². The molecular formula is C18H26N2O3. The summed E-state index contributed by atoms with van der Waals surface area (Å²) in [5.41, 5.74) is 0.738. The number of carboxylic acid groups (broad SMARTS) is 1. The minimum Gasteiger partial charge on any atom is -0.481 e. The Morgan fingerprint density at radius 1 is 1.17 bits per heavy atom. The molecule has 0 spiro atoms. The van der Waals surface area contributed by atoms with E-state index in [1.54, 1.807) is 0 Å². The molecule has 1 aliphatic rings. The molecule has 1 aromatic carbocycles. The third-order valence-corrected chi connectivity index (χ3v) is 4.41. The normalized spacial score (nSPS) is 15.8. The summed E-state index contributed by atoms with van der Waals surface area (Å²) < 4.78 is 0. The largest absolute Gasteiger partial charge is 0.481 e. The number of carbonyl (C=O) groups is 2. The van der Waals surface area contributed by atoms with Gasteiger partial charge in [-0.15, -0.1) is 0 Å². The van der Waals surface area contributed by atoms with Crippen LogP contribution in [-0.4, -0.2) is 59.0 Å². The van der Waals surface area contributed by atoms with E-state index in [-0.39, 0.29) is 12.3 Å². The monoisotopic (exact) mass is 318 g/mol. The molecule has 0 aromatic heterocycles. The van der Waals surface area contributed by atoms with Gasteiger partial charge in [0.05, 0.1) is 6.42 Å². The first-order chi connectivity index (χ1) is 11.1. The van der Waals surface area contributed by atoms with Crippen LogP contribution in [0.4, 0.5) is 0 Å². The summed E-state index contributed by atoms with van der Waals surface area (Å²) in [5, 5.41) is 8.89. The van der Waals surface area contributed by atoms with Gasteiger partial charge in [0.1, 0.15) is 0 Å². The molecule has 0 saturated carbocycles. The van der Waals surface area contributed by atoms with E-state index in [0.29, 0.717) is 12.6 Å². The van der Waals surface area contributed by atoms with E-state index >= 15 is 0 Å². The van der Waals surface area contributed by atoms with Crippen LogP contribution in [0.25, 0.3) is 0 Å². The van der Waals surface area contributed by atoms with E-state index in [1.807, 2.05) is 35.2 Å². The zero-order valence-corrected chi connectivity index (χ0v) is 13.8. The molecule has 2 rings (SSSR count). The predicted octanol–water partition coefficient (Wildman–Crippen LogP) is 2.48. The van der Waals surface area contributed by atoms with Gasteiger partial charge in [-0.2, -0.15) is 0 Å². The number of piperidine rings is 1. The molecule has 5 nitrogen and oxygen atoms in total. The summed E-state index contributed by atoms with van der Waals surface area (Å²) in [6.07, 6.45) is 3.03. The van der Waals surface area contributed by atoms with E-state index in [9.17, 15) is 9.59 Å². The Morgan fingerprint density at radius 2 is 1.83 bits per heavy atom. The van der Waals surface area contributed by atoms with Crippen LogP contribution in [-0.2, 0) is 4.79 Å². The van der Waals surface area contributed by atoms with Crippen LogP contribution < -0.4 is 0 Å². The second kappa shape index (κ2) is 8.67. The zero-order valence-electron chi connectivity index (χ0n) is 13.8. The van der Waals surface area contributed by atoms with Crippen molar-refractivity contribution in [2.45, 2.75) is 38.6 Å². The topological polar surface area (TPSA) is 60.9 Å².